The Morgan fingerprint density at radius 1 is 1.00 bits per heavy atom. The summed E-state index contributed by atoms with van der Waals surface area (Å²) < 4.78 is 5.78. The van der Waals surface area contributed by atoms with E-state index in [-0.39, 0.29) is 0 Å². The molecule has 0 radical (unpaired) electrons. The topological polar surface area (TPSA) is 25.2 Å². The lowest BCUT2D eigenvalue weighted by Crippen LogP contribution is -2.21. The standard InChI is InChI=1S/C17H31NO/c1-4-6-7-8-9-10-11-16(18-14-5-2)17-13-12-15(3)19-17/h12-13,16,18H,4-11,14H2,1-3H3. The fraction of sp³-hybridized carbons (Fsp3) is 0.765. The van der Waals surface area contributed by atoms with Crippen molar-refractivity contribution in [3.63, 3.8) is 0 Å². The quantitative estimate of drug-likeness (QED) is 0.543. The fourth-order valence-electron chi connectivity index (χ4n) is 2.43. The number of aryl methyl sites for hydroxylation is 1. The highest BCUT2D eigenvalue weighted by molar-refractivity contribution is 5.09. The first kappa shape index (κ1) is 16.3. The lowest BCUT2D eigenvalue weighted by molar-refractivity contribution is 0.375. The lowest BCUT2D eigenvalue weighted by atomic mass is 10.0. The number of rotatable bonds is 11. The van der Waals surface area contributed by atoms with Gasteiger partial charge in [0.05, 0.1) is 6.04 Å². The van der Waals surface area contributed by atoms with E-state index < -0.39 is 0 Å². The average molecular weight is 265 g/mol. The molecule has 19 heavy (non-hydrogen) atoms. The lowest BCUT2D eigenvalue weighted by Gasteiger charge is -2.16. The van der Waals surface area contributed by atoms with Crippen molar-refractivity contribution in [3.8, 4) is 0 Å². The molecule has 1 atom stereocenters. The van der Waals surface area contributed by atoms with Gasteiger partial charge >= 0.3 is 0 Å². The third kappa shape index (κ3) is 6.81. The Bertz CT molecular complexity index is 319. The van der Waals surface area contributed by atoms with E-state index in [2.05, 4.69) is 31.3 Å². The Hall–Kier alpha value is -0.760. The highest BCUT2D eigenvalue weighted by atomic mass is 16.3. The van der Waals surface area contributed by atoms with Crippen LogP contribution in [-0.4, -0.2) is 6.54 Å². The minimum Gasteiger partial charge on any atom is -0.465 e. The van der Waals surface area contributed by atoms with Gasteiger partial charge in [-0.1, -0.05) is 52.4 Å². The summed E-state index contributed by atoms with van der Waals surface area (Å²) in [6, 6.07) is 4.59. The third-order valence-corrected chi connectivity index (χ3v) is 3.59. The van der Waals surface area contributed by atoms with Crippen LogP contribution in [0.1, 0.15) is 82.8 Å². The number of unbranched alkanes of at least 4 members (excludes halogenated alkanes) is 5. The number of hydrogen-bond donors (Lipinski definition) is 1. The van der Waals surface area contributed by atoms with Crippen LogP contribution in [0, 0.1) is 6.92 Å². The molecule has 1 rings (SSSR count). The zero-order valence-corrected chi connectivity index (χ0v) is 13.0. The van der Waals surface area contributed by atoms with Crippen LogP contribution in [0.2, 0.25) is 0 Å². The van der Waals surface area contributed by atoms with Gasteiger partial charge in [0.1, 0.15) is 11.5 Å². The van der Waals surface area contributed by atoms with Crippen molar-refractivity contribution < 1.29 is 4.42 Å². The van der Waals surface area contributed by atoms with Gasteiger partial charge in [-0.2, -0.15) is 0 Å². The Morgan fingerprint density at radius 2 is 1.74 bits per heavy atom. The Kier molecular flexibility index (Phi) is 8.64. The first-order valence-corrected chi connectivity index (χ1v) is 8.07. The molecule has 0 bridgehead atoms. The molecule has 0 amide bonds. The predicted molar refractivity (Wildman–Crippen MR) is 82.5 cm³/mol. The molecule has 2 heteroatoms. The van der Waals surface area contributed by atoms with Gasteiger partial charge in [-0.05, 0) is 38.4 Å². The van der Waals surface area contributed by atoms with Crippen LogP contribution in [0.15, 0.2) is 16.5 Å². The zero-order chi connectivity index (χ0) is 13.9. The largest absolute Gasteiger partial charge is 0.465 e. The van der Waals surface area contributed by atoms with Crippen LogP contribution in [0.25, 0.3) is 0 Å². The normalized spacial score (nSPS) is 12.8. The Morgan fingerprint density at radius 3 is 2.37 bits per heavy atom. The predicted octanol–water partition coefficient (Wildman–Crippen LogP) is 5.38. The molecule has 2 nitrogen and oxygen atoms in total. The smallest absolute Gasteiger partial charge is 0.121 e. The maximum Gasteiger partial charge on any atom is 0.121 e. The molecular weight excluding hydrogens is 234 g/mol. The summed E-state index contributed by atoms with van der Waals surface area (Å²) in [5, 5.41) is 3.61. The van der Waals surface area contributed by atoms with Crippen molar-refractivity contribution in [2.24, 2.45) is 0 Å². The van der Waals surface area contributed by atoms with E-state index in [4.69, 9.17) is 4.42 Å². The van der Waals surface area contributed by atoms with E-state index in [1.165, 1.54) is 51.4 Å². The fourth-order valence-corrected chi connectivity index (χ4v) is 2.43. The minimum atomic E-state index is 0.403. The maximum absolute atomic E-state index is 5.78. The van der Waals surface area contributed by atoms with Crippen LogP contribution < -0.4 is 5.32 Å². The highest BCUT2D eigenvalue weighted by Crippen LogP contribution is 2.22. The van der Waals surface area contributed by atoms with E-state index in [0.717, 1.165) is 18.1 Å². The van der Waals surface area contributed by atoms with Gasteiger partial charge in [0.25, 0.3) is 0 Å². The molecule has 1 unspecified atom stereocenters. The van der Waals surface area contributed by atoms with Gasteiger partial charge < -0.3 is 9.73 Å². The summed E-state index contributed by atoms with van der Waals surface area (Å²) in [6.07, 6.45) is 10.5. The number of hydrogen-bond acceptors (Lipinski definition) is 2. The minimum absolute atomic E-state index is 0.403. The van der Waals surface area contributed by atoms with E-state index in [1.807, 2.05) is 6.92 Å². The van der Waals surface area contributed by atoms with Gasteiger partial charge in [-0.25, -0.2) is 0 Å². The van der Waals surface area contributed by atoms with Crippen molar-refractivity contribution in [2.75, 3.05) is 6.54 Å². The molecule has 0 saturated heterocycles. The second-order valence-electron chi connectivity index (χ2n) is 5.51. The molecule has 1 aromatic rings. The van der Waals surface area contributed by atoms with Crippen LogP contribution in [0.5, 0.6) is 0 Å². The molecule has 110 valence electrons. The van der Waals surface area contributed by atoms with Gasteiger partial charge in [0, 0.05) is 0 Å². The summed E-state index contributed by atoms with van der Waals surface area (Å²) >= 11 is 0. The molecule has 1 aromatic heterocycles. The molecule has 0 fully saturated rings. The molecule has 0 aliphatic carbocycles. The average Bonchev–Trinajstić information content (AvgIpc) is 2.83. The second-order valence-corrected chi connectivity index (χ2v) is 5.51. The first-order valence-electron chi connectivity index (χ1n) is 8.07. The summed E-state index contributed by atoms with van der Waals surface area (Å²) in [5.41, 5.74) is 0. The van der Waals surface area contributed by atoms with Crippen LogP contribution in [0.3, 0.4) is 0 Å². The SMILES string of the molecule is CCCCCCCCC(NCCC)c1ccc(C)o1. The summed E-state index contributed by atoms with van der Waals surface area (Å²) in [7, 11) is 0. The van der Waals surface area contributed by atoms with Crippen LogP contribution in [0.4, 0.5) is 0 Å². The molecule has 0 aliphatic heterocycles. The van der Waals surface area contributed by atoms with E-state index in [0.29, 0.717) is 6.04 Å². The van der Waals surface area contributed by atoms with E-state index >= 15 is 0 Å². The van der Waals surface area contributed by atoms with Crippen molar-refractivity contribution in [1.29, 1.82) is 0 Å². The first-order chi connectivity index (χ1) is 9.27. The molecule has 0 saturated carbocycles. The summed E-state index contributed by atoms with van der Waals surface area (Å²) in [4.78, 5) is 0. The zero-order valence-electron chi connectivity index (χ0n) is 13.0. The van der Waals surface area contributed by atoms with Gasteiger partial charge in [0.2, 0.25) is 0 Å². The molecule has 0 spiro atoms. The van der Waals surface area contributed by atoms with Gasteiger partial charge in [-0.3, -0.25) is 0 Å². The van der Waals surface area contributed by atoms with E-state index in [1.54, 1.807) is 0 Å². The van der Waals surface area contributed by atoms with Gasteiger partial charge in [0.15, 0.2) is 0 Å². The Labute approximate surface area is 119 Å². The third-order valence-electron chi connectivity index (χ3n) is 3.59. The molecule has 0 aromatic carbocycles. The Balaban J connectivity index is 2.29. The van der Waals surface area contributed by atoms with Crippen molar-refractivity contribution in [1.82, 2.24) is 5.32 Å². The summed E-state index contributed by atoms with van der Waals surface area (Å²) in [6.45, 7) is 7.57. The van der Waals surface area contributed by atoms with Crippen molar-refractivity contribution in [2.45, 2.75) is 78.2 Å². The van der Waals surface area contributed by atoms with Crippen LogP contribution in [-0.2, 0) is 0 Å². The molecule has 1 N–H and O–H groups in total. The van der Waals surface area contributed by atoms with Crippen LogP contribution >= 0.6 is 0 Å². The highest BCUT2D eigenvalue weighted by Gasteiger charge is 2.13. The molecule has 1 heterocycles. The van der Waals surface area contributed by atoms with Crippen molar-refractivity contribution in [3.05, 3.63) is 23.7 Å². The van der Waals surface area contributed by atoms with Crippen molar-refractivity contribution >= 4 is 0 Å². The molecular formula is C17H31NO. The molecule has 0 aliphatic rings. The number of nitrogens with one attached hydrogen (secondary N) is 1. The summed E-state index contributed by atoms with van der Waals surface area (Å²) in [5.74, 6) is 2.13. The van der Waals surface area contributed by atoms with E-state index in [9.17, 15) is 0 Å². The second kappa shape index (κ2) is 10.1. The number of furan rings is 1. The van der Waals surface area contributed by atoms with Gasteiger partial charge in [-0.15, -0.1) is 0 Å². The monoisotopic (exact) mass is 265 g/mol. The maximum atomic E-state index is 5.78.